The molecule has 1 amide bonds. The van der Waals surface area contributed by atoms with Crippen LogP contribution in [0.25, 0.3) is 0 Å². The van der Waals surface area contributed by atoms with Crippen molar-refractivity contribution in [1.29, 1.82) is 0 Å². The van der Waals surface area contributed by atoms with E-state index in [4.69, 9.17) is 5.11 Å². The molecule has 120 valence electrons. The number of carboxylic acid groups (broad SMARTS) is 1. The summed E-state index contributed by atoms with van der Waals surface area (Å²) < 4.78 is 38.2. The van der Waals surface area contributed by atoms with Gasteiger partial charge in [0.2, 0.25) is 0 Å². The van der Waals surface area contributed by atoms with E-state index in [2.05, 4.69) is 10.3 Å². The maximum Gasteiger partial charge on any atom is 0.416 e. The Kier molecular flexibility index (Phi) is 4.63. The molecule has 0 unspecified atom stereocenters. The third-order valence-electron chi connectivity index (χ3n) is 3.02. The molecular weight excluding hydrogens is 313 g/mol. The van der Waals surface area contributed by atoms with E-state index in [1.165, 1.54) is 12.4 Å². The first-order chi connectivity index (χ1) is 10.8. The van der Waals surface area contributed by atoms with Crippen molar-refractivity contribution in [2.45, 2.75) is 12.7 Å². The summed E-state index contributed by atoms with van der Waals surface area (Å²) in [5, 5.41) is 11.4. The van der Waals surface area contributed by atoms with Crippen molar-refractivity contribution < 1.29 is 27.9 Å². The lowest BCUT2D eigenvalue weighted by Gasteiger charge is -2.12. The lowest BCUT2D eigenvalue weighted by Crippen LogP contribution is -2.25. The molecular formula is C15H11F3N2O3. The summed E-state index contributed by atoms with van der Waals surface area (Å²) >= 11 is 0. The molecule has 5 nitrogen and oxygen atoms in total. The molecule has 1 aromatic heterocycles. The smallest absolute Gasteiger partial charge is 0.416 e. The number of carbonyl (C=O) groups excluding carboxylic acids is 1. The second kappa shape index (κ2) is 6.47. The zero-order valence-electron chi connectivity index (χ0n) is 11.6. The number of carbonyl (C=O) groups is 2. The van der Waals surface area contributed by atoms with Crippen LogP contribution in [-0.2, 0) is 12.7 Å². The SMILES string of the molecule is O=C(O)c1ccc(C(F)(F)F)cc1C(=O)NCc1ccncc1. The van der Waals surface area contributed by atoms with Gasteiger partial charge in [-0.05, 0) is 35.9 Å². The fourth-order valence-corrected chi connectivity index (χ4v) is 1.87. The van der Waals surface area contributed by atoms with Gasteiger partial charge in [0.05, 0.1) is 16.7 Å². The number of benzene rings is 1. The molecule has 23 heavy (non-hydrogen) atoms. The number of halogens is 3. The fourth-order valence-electron chi connectivity index (χ4n) is 1.87. The molecule has 8 heteroatoms. The maximum atomic E-state index is 12.7. The highest BCUT2D eigenvalue weighted by Gasteiger charge is 2.32. The van der Waals surface area contributed by atoms with Gasteiger partial charge in [0.15, 0.2) is 0 Å². The molecule has 0 fully saturated rings. The van der Waals surface area contributed by atoms with Crippen molar-refractivity contribution in [3.05, 3.63) is 65.0 Å². The summed E-state index contributed by atoms with van der Waals surface area (Å²) in [6.07, 6.45) is -1.68. The molecule has 2 aromatic rings. The Labute approximate surface area is 128 Å². The van der Waals surface area contributed by atoms with E-state index in [0.717, 1.165) is 6.07 Å². The van der Waals surface area contributed by atoms with Gasteiger partial charge in [0.25, 0.3) is 5.91 Å². The Morgan fingerprint density at radius 2 is 1.74 bits per heavy atom. The van der Waals surface area contributed by atoms with Crippen molar-refractivity contribution in [3.8, 4) is 0 Å². The van der Waals surface area contributed by atoms with Gasteiger partial charge in [0, 0.05) is 18.9 Å². The number of hydrogen-bond donors (Lipinski definition) is 2. The van der Waals surface area contributed by atoms with Gasteiger partial charge in [-0.1, -0.05) is 0 Å². The van der Waals surface area contributed by atoms with Crippen molar-refractivity contribution in [2.24, 2.45) is 0 Å². The number of rotatable bonds is 4. The van der Waals surface area contributed by atoms with Gasteiger partial charge in [-0.25, -0.2) is 4.79 Å². The first-order valence-corrected chi connectivity index (χ1v) is 6.40. The molecule has 0 atom stereocenters. The zero-order chi connectivity index (χ0) is 17.0. The number of alkyl halides is 3. The average Bonchev–Trinajstić information content (AvgIpc) is 2.52. The summed E-state index contributed by atoms with van der Waals surface area (Å²) in [6.45, 7) is 0.0384. The number of aromatic carboxylic acids is 1. The largest absolute Gasteiger partial charge is 0.478 e. The topological polar surface area (TPSA) is 79.3 Å². The van der Waals surface area contributed by atoms with Crippen LogP contribution >= 0.6 is 0 Å². The van der Waals surface area contributed by atoms with Crippen molar-refractivity contribution in [3.63, 3.8) is 0 Å². The first-order valence-electron chi connectivity index (χ1n) is 6.40. The molecule has 2 rings (SSSR count). The Bertz CT molecular complexity index is 730. The predicted molar refractivity (Wildman–Crippen MR) is 73.8 cm³/mol. The van der Waals surface area contributed by atoms with Gasteiger partial charge in [-0.3, -0.25) is 9.78 Å². The Hall–Kier alpha value is -2.90. The van der Waals surface area contributed by atoms with Gasteiger partial charge in [-0.15, -0.1) is 0 Å². The molecule has 0 saturated carbocycles. The van der Waals surface area contributed by atoms with E-state index in [9.17, 15) is 22.8 Å². The van der Waals surface area contributed by atoms with Gasteiger partial charge >= 0.3 is 12.1 Å². The Morgan fingerprint density at radius 1 is 1.09 bits per heavy atom. The van der Waals surface area contributed by atoms with Gasteiger partial charge in [0.1, 0.15) is 0 Å². The second-order valence-electron chi connectivity index (χ2n) is 4.60. The van der Waals surface area contributed by atoms with Crippen LogP contribution in [0.4, 0.5) is 13.2 Å². The van der Waals surface area contributed by atoms with Crippen molar-refractivity contribution >= 4 is 11.9 Å². The minimum atomic E-state index is -4.67. The summed E-state index contributed by atoms with van der Waals surface area (Å²) in [7, 11) is 0. The molecule has 0 spiro atoms. The minimum absolute atomic E-state index is 0.0384. The van der Waals surface area contributed by atoms with Crippen molar-refractivity contribution in [2.75, 3.05) is 0 Å². The number of carboxylic acids is 1. The third-order valence-corrected chi connectivity index (χ3v) is 3.02. The highest BCUT2D eigenvalue weighted by molar-refractivity contribution is 6.04. The molecule has 0 bridgehead atoms. The predicted octanol–water partition coefficient (Wildman–Crippen LogP) is 2.73. The zero-order valence-corrected chi connectivity index (χ0v) is 11.6. The number of nitrogens with zero attached hydrogens (tertiary/aromatic N) is 1. The number of nitrogens with one attached hydrogen (secondary N) is 1. The molecule has 1 heterocycles. The van der Waals surface area contributed by atoms with Crippen LogP contribution in [0.5, 0.6) is 0 Å². The summed E-state index contributed by atoms with van der Waals surface area (Å²) in [5.74, 6) is -2.38. The van der Waals surface area contributed by atoms with Crippen LogP contribution in [0, 0.1) is 0 Å². The lowest BCUT2D eigenvalue weighted by molar-refractivity contribution is -0.137. The molecule has 1 aromatic carbocycles. The summed E-state index contributed by atoms with van der Waals surface area (Å²) in [4.78, 5) is 26.9. The van der Waals surface area contributed by atoms with E-state index < -0.39 is 34.7 Å². The molecule has 0 saturated heterocycles. The molecule has 0 aliphatic heterocycles. The summed E-state index contributed by atoms with van der Waals surface area (Å²) in [5.41, 5.74) is -1.44. The highest BCUT2D eigenvalue weighted by atomic mass is 19.4. The number of amides is 1. The molecule has 0 radical (unpaired) electrons. The van der Waals surface area contributed by atoms with Crippen LogP contribution < -0.4 is 5.32 Å². The monoisotopic (exact) mass is 324 g/mol. The number of hydrogen-bond acceptors (Lipinski definition) is 3. The minimum Gasteiger partial charge on any atom is -0.478 e. The standard InChI is InChI=1S/C15H11F3N2O3/c16-15(17,18)10-1-2-11(14(22)23)12(7-10)13(21)20-8-9-3-5-19-6-4-9/h1-7H,8H2,(H,20,21)(H,22,23). The van der Waals surface area contributed by atoms with Crippen LogP contribution in [-0.4, -0.2) is 22.0 Å². The van der Waals surface area contributed by atoms with E-state index in [1.54, 1.807) is 12.1 Å². The lowest BCUT2D eigenvalue weighted by atomic mass is 10.0. The second-order valence-corrected chi connectivity index (χ2v) is 4.60. The van der Waals surface area contributed by atoms with E-state index >= 15 is 0 Å². The third kappa shape index (κ3) is 4.06. The maximum absolute atomic E-state index is 12.7. The van der Waals surface area contributed by atoms with Gasteiger partial charge < -0.3 is 10.4 Å². The summed E-state index contributed by atoms with van der Waals surface area (Å²) in [6, 6.07) is 5.16. The fraction of sp³-hybridized carbons (Fsp3) is 0.133. The van der Waals surface area contributed by atoms with Crippen LogP contribution in [0.15, 0.2) is 42.7 Å². The highest BCUT2D eigenvalue weighted by Crippen LogP contribution is 2.30. The van der Waals surface area contributed by atoms with Crippen LogP contribution in [0.1, 0.15) is 31.8 Å². The van der Waals surface area contributed by atoms with Crippen LogP contribution in [0.3, 0.4) is 0 Å². The Morgan fingerprint density at radius 3 is 2.30 bits per heavy atom. The van der Waals surface area contributed by atoms with E-state index in [0.29, 0.717) is 17.7 Å². The molecule has 2 N–H and O–H groups in total. The molecule has 0 aliphatic rings. The van der Waals surface area contributed by atoms with E-state index in [-0.39, 0.29) is 6.54 Å². The van der Waals surface area contributed by atoms with Gasteiger partial charge in [-0.2, -0.15) is 13.2 Å². The van der Waals surface area contributed by atoms with Crippen molar-refractivity contribution in [1.82, 2.24) is 10.3 Å². The Balaban J connectivity index is 2.28. The first kappa shape index (κ1) is 16.5. The number of aromatic nitrogens is 1. The quantitative estimate of drug-likeness (QED) is 0.906. The van der Waals surface area contributed by atoms with Crippen LogP contribution in [0.2, 0.25) is 0 Å². The normalized spacial score (nSPS) is 11.1. The molecule has 0 aliphatic carbocycles. The average molecular weight is 324 g/mol. The number of pyridine rings is 1. The van der Waals surface area contributed by atoms with E-state index in [1.807, 2.05) is 0 Å².